The molecule has 102 valence electrons. The molecular formula is C14H18ClN3S. The summed E-state index contributed by atoms with van der Waals surface area (Å²) in [6.07, 6.45) is 0.701. The van der Waals surface area contributed by atoms with E-state index in [1.165, 1.54) is 11.5 Å². The molecule has 0 radical (unpaired) electrons. The molecule has 2 rings (SSSR count). The molecule has 0 aliphatic carbocycles. The predicted octanol–water partition coefficient (Wildman–Crippen LogP) is 3.73. The van der Waals surface area contributed by atoms with Crippen LogP contribution in [-0.4, -0.2) is 9.59 Å². The van der Waals surface area contributed by atoms with E-state index < -0.39 is 0 Å². The first-order valence-corrected chi connectivity index (χ1v) is 7.36. The lowest BCUT2D eigenvalue weighted by Crippen LogP contribution is -2.20. The van der Waals surface area contributed by atoms with Crippen molar-refractivity contribution in [3.8, 4) is 0 Å². The van der Waals surface area contributed by atoms with Gasteiger partial charge in [0.2, 0.25) is 0 Å². The number of nitrogens with zero attached hydrogens (tertiary/aromatic N) is 2. The molecule has 0 bridgehead atoms. The summed E-state index contributed by atoms with van der Waals surface area (Å²) < 4.78 is 4.05. The quantitative estimate of drug-likeness (QED) is 0.938. The molecule has 0 saturated heterocycles. The summed E-state index contributed by atoms with van der Waals surface area (Å²) in [5.74, 6) is 0. The maximum atomic E-state index is 6.31. The van der Waals surface area contributed by atoms with E-state index in [1.54, 1.807) is 0 Å². The van der Waals surface area contributed by atoms with Crippen molar-refractivity contribution in [2.45, 2.75) is 38.6 Å². The lowest BCUT2D eigenvalue weighted by atomic mass is 9.89. The zero-order chi connectivity index (χ0) is 14.0. The van der Waals surface area contributed by atoms with Crippen molar-refractivity contribution in [1.29, 1.82) is 0 Å². The van der Waals surface area contributed by atoms with Crippen LogP contribution in [0.25, 0.3) is 0 Å². The Hall–Kier alpha value is -0.970. The average molecular weight is 296 g/mol. The van der Waals surface area contributed by atoms with Crippen molar-refractivity contribution in [2.75, 3.05) is 0 Å². The predicted molar refractivity (Wildman–Crippen MR) is 80.7 cm³/mol. The minimum Gasteiger partial charge on any atom is -0.323 e. The van der Waals surface area contributed by atoms with Crippen LogP contribution in [0.5, 0.6) is 0 Å². The summed E-state index contributed by atoms with van der Waals surface area (Å²) in [4.78, 5) is 1.05. The highest BCUT2D eigenvalue weighted by atomic mass is 35.5. The number of halogens is 1. The van der Waals surface area contributed by atoms with Crippen LogP contribution in [-0.2, 0) is 11.8 Å². The number of rotatable bonds is 3. The van der Waals surface area contributed by atoms with Gasteiger partial charge in [-0.1, -0.05) is 55.1 Å². The van der Waals surface area contributed by atoms with E-state index >= 15 is 0 Å². The first-order chi connectivity index (χ1) is 8.89. The van der Waals surface area contributed by atoms with Crippen LogP contribution in [0.4, 0.5) is 0 Å². The van der Waals surface area contributed by atoms with Crippen LogP contribution >= 0.6 is 23.1 Å². The van der Waals surface area contributed by atoms with E-state index in [-0.39, 0.29) is 11.5 Å². The minimum atomic E-state index is -0.117. The lowest BCUT2D eigenvalue weighted by molar-refractivity contribution is 0.550. The van der Waals surface area contributed by atoms with Gasteiger partial charge in [-0.15, -0.1) is 5.10 Å². The van der Waals surface area contributed by atoms with Crippen molar-refractivity contribution < 1.29 is 0 Å². The Bertz CT molecular complexity index is 560. The molecule has 1 atom stereocenters. The van der Waals surface area contributed by atoms with Gasteiger partial charge in [0.15, 0.2) is 0 Å². The molecule has 2 N–H and O–H groups in total. The largest absolute Gasteiger partial charge is 0.323 e. The third kappa shape index (κ3) is 3.32. The molecule has 5 heteroatoms. The fraction of sp³-hybridized carbons (Fsp3) is 0.429. The Labute approximate surface area is 123 Å². The normalized spacial score (nSPS) is 13.5. The molecule has 19 heavy (non-hydrogen) atoms. The Morgan fingerprint density at radius 2 is 2.00 bits per heavy atom. The number of aromatic nitrogens is 2. The summed E-state index contributed by atoms with van der Waals surface area (Å²) in [7, 11) is 0. The molecule has 3 nitrogen and oxygen atoms in total. The molecule has 0 aliphatic heterocycles. The van der Waals surface area contributed by atoms with E-state index in [2.05, 4.69) is 30.4 Å². The highest BCUT2D eigenvalue weighted by Gasteiger charge is 2.25. The zero-order valence-electron chi connectivity index (χ0n) is 11.4. The molecule has 0 aliphatic rings. The molecule has 2 aromatic rings. The Morgan fingerprint density at radius 3 is 2.63 bits per heavy atom. The van der Waals surface area contributed by atoms with E-state index in [9.17, 15) is 0 Å². The molecule has 1 aromatic heterocycles. The third-order valence-electron chi connectivity index (χ3n) is 2.96. The van der Waals surface area contributed by atoms with E-state index in [1.807, 2.05) is 24.3 Å². The fourth-order valence-corrected chi connectivity index (χ4v) is 3.03. The molecular weight excluding hydrogens is 278 g/mol. The van der Waals surface area contributed by atoms with Crippen LogP contribution in [0.3, 0.4) is 0 Å². The lowest BCUT2D eigenvalue weighted by Gasteiger charge is -2.19. The maximum Gasteiger partial charge on any atom is 0.0857 e. The topological polar surface area (TPSA) is 51.8 Å². The molecule has 0 saturated carbocycles. The minimum absolute atomic E-state index is 0.0412. The van der Waals surface area contributed by atoms with Gasteiger partial charge in [0.05, 0.1) is 10.6 Å². The van der Waals surface area contributed by atoms with E-state index in [0.29, 0.717) is 6.42 Å². The fourth-order valence-electron chi connectivity index (χ4n) is 1.95. The van der Waals surface area contributed by atoms with E-state index in [0.717, 1.165) is 21.2 Å². The highest BCUT2D eigenvalue weighted by molar-refractivity contribution is 7.05. The molecule has 1 aromatic carbocycles. The molecule has 0 amide bonds. The SMILES string of the molecule is CC(C)(C)c1nnsc1C(N)Cc1ccccc1Cl. The summed E-state index contributed by atoms with van der Waals surface area (Å²) in [6.45, 7) is 6.36. The van der Waals surface area contributed by atoms with Crippen LogP contribution < -0.4 is 5.73 Å². The van der Waals surface area contributed by atoms with Crippen molar-refractivity contribution in [1.82, 2.24) is 9.59 Å². The van der Waals surface area contributed by atoms with Gasteiger partial charge in [0, 0.05) is 16.5 Å². The van der Waals surface area contributed by atoms with Crippen LogP contribution in [0, 0.1) is 0 Å². The second-order valence-electron chi connectivity index (χ2n) is 5.64. The second kappa shape index (κ2) is 5.57. The van der Waals surface area contributed by atoms with E-state index in [4.69, 9.17) is 17.3 Å². The second-order valence-corrected chi connectivity index (χ2v) is 6.83. The number of hydrogen-bond acceptors (Lipinski definition) is 4. The van der Waals surface area contributed by atoms with Crippen molar-refractivity contribution in [3.63, 3.8) is 0 Å². The smallest absolute Gasteiger partial charge is 0.0857 e. The van der Waals surface area contributed by atoms with Gasteiger partial charge >= 0.3 is 0 Å². The summed E-state index contributed by atoms with van der Waals surface area (Å²) in [5.41, 5.74) is 8.31. The standard InChI is InChI=1S/C14H18ClN3S/c1-14(2,3)13-12(19-18-17-13)11(16)8-9-6-4-5-7-10(9)15/h4-7,11H,8,16H2,1-3H3. The Morgan fingerprint density at radius 1 is 1.32 bits per heavy atom. The third-order valence-corrected chi connectivity index (χ3v) is 4.18. The molecule has 1 unspecified atom stereocenters. The first kappa shape index (κ1) is 14.4. The van der Waals surface area contributed by atoms with Gasteiger partial charge in [0.1, 0.15) is 0 Å². The van der Waals surface area contributed by atoms with Gasteiger partial charge in [-0.3, -0.25) is 0 Å². The molecule has 1 heterocycles. The zero-order valence-corrected chi connectivity index (χ0v) is 12.9. The van der Waals surface area contributed by atoms with Gasteiger partial charge in [0.25, 0.3) is 0 Å². The summed E-state index contributed by atoms with van der Waals surface area (Å²) >= 11 is 7.56. The first-order valence-electron chi connectivity index (χ1n) is 6.21. The molecule has 0 fully saturated rings. The van der Waals surface area contributed by atoms with Crippen molar-refractivity contribution in [2.24, 2.45) is 5.73 Å². The van der Waals surface area contributed by atoms with Gasteiger partial charge < -0.3 is 5.73 Å². The molecule has 0 spiro atoms. The monoisotopic (exact) mass is 295 g/mol. The van der Waals surface area contributed by atoms with Gasteiger partial charge in [-0.2, -0.15) is 0 Å². The van der Waals surface area contributed by atoms with Crippen LogP contribution in [0.2, 0.25) is 5.02 Å². The van der Waals surface area contributed by atoms with Crippen molar-refractivity contribution >= 4 is 23.1 Å². The van der Waals surface area contributed by atoms with Crippen LogP contribution in [0.1, 0.15) is 42.9 Å². The average Bonchev–Trinajstić information content (AvgIpc) is 2.81. The van der Waals surface area contributed by atoms with Crippen molar-refractivity contribution in [3.05, 3.63) is 45.4 Å². The number of benzene rings is 1. The Kier molecular flexibility index (Phi) is 4.23. The Balaban J connectivity index is 2.24. The van der Waals surface area contributed by atoms with Gasteiger partial charge in [-0.25, -0.2) is 0 Å². The number of nitrogens with two attached hydrogens (primary N) is 1. The van der Waals surface area contributed by atoms with Crippen LogP contribution in [0.15, 0.2) is 24.3 Å². The highest BCUT2D eigenvalue weighted by Crippen LogP contribution is 2.31. The maximum absolute atomic E-state index is 6.31. The summed E-state index contributed by atoms with van der Waals surface area (Å²) in [5, 5.41) is 4.99. The number of hydrogen-bond donors (Lipinski definition) is 1. The van der Waals surface area contributed by atoms with Gasteiger partial charge in [-0.05, 0) is 29.6 Å². The summed E-state index contributed by atoms with van der Waals surface area (Å²) in [6, 6.07) is 7.68.